The van der Waals surface area contributed by atoms with Crippen molar-refractivity contribution >= 4 is 84.1 Å². The first-order valence-corrected chi connectivity index (χ1v) is 31.4. The lowest BCUT2D eigenvalue weighted by atomic mass is 9.85. The van der Waals surface area contributed by atoms with E-state index >= 15 is 0 Å². The van der Waals surface area contributed by atoms with E-state index in [1.807, 2.05) is 144 Å². The van der Waals surface area contributed by atoms with Crippen LogP contribution in [0.5, 0.6) is 5.75 Å². The molecule has 5 N–H and O–H groups in total. The Morgan fingerprint density at radius 1 is 0.824 bits per heavy atom. The summed E-state index contributed by atoms with van der Waals surface area (Å²) in [7, 11) is 0. The fourth-order valence-electron chi connectivity index (χ4n) is 10.8. The molecule has 4 aromatic heterocycles. The number of aliphatic hydroxyl groups is 1. The highest BCUT2D eigenvalue weighted by atomic mass is 32.1. The molecule has 21 heteroatoms. The number of anilines is 2. The first-order chi connectivity index (χ1) is 40.9. The summed E-state index contributed by atoms with van der Waals surface area (Å²) >= 11 is 4.37. The van der Waals surface area contributed by atoms with E-state index in [1.54, 1.807) is 11.3 Å². The van der Waals surface area contributed by atoms with E-state index in [0.717, 1.165) is 79.9 Å². The van der Waals surface area contributed by atoms with Crippen molar-refractivity contribution in [2.24, 2.45) is 5.41 Å². The van der Waals surface area contributed by atoms with Gasteiger partial charge in [0, 0.05) is 60.9 Å². The van der Waals surface area contributed by atoms with Gasteiger partial charge < -0.3 is 35.4 Å². The number of thiazole rings is 3. The van der Waals surface area contributed by atoms with E-state index < -0.39 is 29.6 Å². The number of hydrogen-bond acceptors (Lipinski definition) is 16. The number of rotatable bonds is 23. The highest BCUT2D eigenvalue weighted by Crippen LogP contribution is 2.35. The average molecular weight is 1200 g/mol. The van der Waals surface area contributed by atoms with Gasteiger partial charge in [-0.1, -0.05) is 93.5 Å². The van der Waals surface area contributed by atoms with Crippen molar-refractivity contribution in [3.05, 3.63) is 153 Å². The summed E-state index contributed by atoms with van der Waals surface area (Å²) in [5.41, 5.74) is 9.33. The highest BCUT2D eigenvalue weighted by Gasteiger charge is 2.45. The van der Waals surface area contributed by atoms with E-state index in [-0.39, 0.29) is 54.8 Å². The molecule has 2 aliphatic heterocycles. The number of fused-ring (bicyclic) bond motifs is 2. The van der Waals surface area contributed by atoms with Gasteiger partial charge in [-0.05, 0) is 128 Å². The standard InChI is InChI=1S/C64H70N10O8S3/c1-38(41-21-23-43(24-22-41)55-39(2)67-37-83-55)68-59(78)50-32-45(75)35-74(50)60(79)56(64(3,4)5)70-53(76)20-9-7-6-8-14-40-33-65-57(66-34-40)44-25-27-46(28-26-44)82-31-13-19-52-54(61(80)81)71-63(85-52)73-30-29-42-15-12-16-47(48(42)36-73)58(77)72-62-69-49-17-10-11-18-51(49)84-62/h10-12,15-18,21-28,33-34,37-38,45,50,56,75H,6-9,13-14,19-20,29-32,35-36H2,1-5H3,(H,68,78)(H,70,76)(H,80,81)(H,69,72,77)/t38-,45+,50-,56+/m0/s1. The van der Waals surface area contributed by atoms with Gasteiger partial charge in [-0.25, -0.2) is 29.7 Å². The molecule has 6 heterocycles. The Morgan fingerprint density at radius 3 is 2.31 bits per heavy atom. The largest absolute Gasteiger partial charge is 0.494 e. The van der Waals surface area contributed by atoms with Crippen LogP contribution in [-0.2, 0) is 40.2 Å². The minimum atomic E-state index is -1.08. The molecule has 4 aromatic carbocycles. The molecule has 2 aliphatic rings. The summed E-state index contributed by atoms with van der Waals surface area (Å²) in [6, 6.07) is 26.9. The van der Waals surface area contributed by atoms with Gasteiger partial charge in [0.05, 0.1) is 45.1 Å². The first-order valence-electron chi connectivity index (χ1n) is 28.8. The number of unbranched alkanes of at least 4 members (excludes halogenated alkanes) is 3. The number of likely N-dealkylation sites (tertiary alicyclic amines) is 1. The number of aliphatic hydroxyl groups excluding tert-OH is 1. The number of benzene rings is 4. The van der Waals surface area contributed by atoms with Crippen LogP contribution >= 0.6 is 34.0 Å². The molecule has 10 rings (SSSR count). The lowest BCUT2D eigenvalue weighted by Gasteiger charge is -2.35. The molecule has 0 unspecified atom stereocenters. The van der Waals surface area contributed by atoms with Crippen LogP contribution in [0.25, 0.3) is 32.0 Å². The van der Waals surface area contributed by atoms with Crippen LogP contribution in [0.1, 0.15) is 132 Å². The van der Waals surface area contributed by atoms with Crippen molar-refractivity contribution in [2.75, 3.05) is 29.9 Å². The van der Waals surface area contributed by atoms with E-state index in [2.05, 4.69) is 45.8 Å². The number of nitrogens with zero attached hydrogens (tertiary/aromatic N) is 7. The molecule has 1 saturated heterocycles. The molecule has 1 fully saturated rings. The number of aromatic nitrogens is 5. The Bertz CT molecular complexity index is 3640. The molecule has 85 heavy (non-hydrogen) atoms. The number of hydrogen-bond donors (Lipinski definition) is 5. The SMILES string of the molecule is Cc1ncsc1-c1ccc([C@H](C)NC(=O)[C@@H]2C[C@@H](O)CN2C(=O)[C@@H](NC(=O)CCCCCCc2cnc(-c3ccc(OCCCc4sc(N5CCc6cccc(C(=O)Nc7nc8ccccc8s7)c6C5)nc4C(=O)O)cc3)nc2)C(C)(C)C)cc1. The predicted molar refractivity (Wildman–Crippen MR) is 332 cm³/mol. The molecular weight excluding hydrogens is 1130 g/mol. The van der Waals surface area contributed by atoms with Crippen LogP contribution < -0.4 is 25.6 Å². The van der Waals surface area contributed by atoms with Gasteiger partial charge >= 0.3 is 5.97 Å². The van der Waals surface area contributed by atoms with Crippen LogP contribution in [-0.4, -0.2) is 108 Å². The zero-order chi connectivity index (χ0) is 59.8. The number of β-amino-alcohol motifs (C(OH)–C–C–N with tert-alkyl or cyclic N) is 1. The van der Waals surface area contributed by atoms with Crippen molar-refractivity contribution < 1.29 is 38.9 Å². The normalized spacial score (nSPS) is 15.7. The second-order valence-corrected chi connectivity index (χ2v) is 25.8. The van der Waals surface area contributed by atoms with E-state index in [0.29, 0.717) is 77.7 Å². The lowest BCUT2D eigenvalue weighted by Crippen LogP contribution is -2.57. The van der Waals surface area contributed by atoms with Crippen LogP contribution in [0, 0.1) is 12.3 Å². The van der Waals surface area contributed by atoms with Crippen molar-refractivity contribution in [2.45, 2.75) is 130 Å². The van der Waals surface area contributed by atoms with Gasteiger partial charge in [0.2, 0.25) is 17.7 Å². The monoisotopic (exact) mass is 1200 g/mol. The molecule has 4 amide bonds. The van der Waals surface area contributed by atoms with Crippen LogP contribution in [0.3, 0.4) is 0 Å². The minimum absolute atomic E-state index is 0.00633. The molecule has 0 radical (unpaired) electrons. The maximum absolute atomic E-state index is 14.2. The average Bonchev–Trinajstić information content (AvgIpc) is 2.95. The minimum Gasteiger partial charge on any atom is -0.494 e. The molecule has 8 aromatic rings. The summed E-state index contributed by atoms with van der Waals surface area (Å²) in [4.78, 5) is 95.2. The van der Waals surface area contributed by atoms with Gasteiger partial charge in [0.25, 0.3) is 5.91 Å². The molecule has 0 aliphatic carbocycles. The zero-order valence-electron chi connectivity index (χ0n) is 48.3. The number of amides is 4. The Labute approximate surface area is 506 Å². The van der Waals surface area contributed by atoms with Crippen molar-refractivity contribution in [3.63, 3.8) is 0 Å². The van der Waals surface area contributed by atoms with Gasteiger partial charge in [-0.2, -0.15) is 0 Å². The number of carbonyl (C=O) groups is 5. The third-order valence-corrected chi connectivity index (χ3v) is 18.6. The third kappa shape index (κ3) is 14.8. The smallest absolute Gasteiger partial charge is 0.355 e. The molecule has 0 saturated carbocycles. The van der Waals surface area contributed by atoms with E-state index in [1.165, 1.54) is 27.6 Å². The Kier molecular flexibility index (Phi) is 19.1. The van der Waals surface area contributed by atoms with Gasteiger partial charge in [0.1, 0.15) is 17.8 Å². The van der Waals surface area contributed by atoms with Gasteiger partial charge in [-0.15, -0.1) is 22.7 Å². The van der Waals surface area contributed by atoms with E-state index in [9.17, 15) is 34.2 Å². The molecule has 4 atom stereocenters. The number of ether oxygens (including phenoxy) is 1. The molecule has 0 spiro atoms. The van der Waals surface area contributed by atoms with Gasteiger partial charge in [0.15, 0.2) is 21.8 Å². The van der Waals surface area contributed by atoms with Crippen LogP contribution in [0.4, 0.5) is 10.3 Å². The predicted octanol–water partition coefficient (Wildman–Crippen LogP) is 11.0. The summed E-state index contributed by atoms with van der Waals surface area (Å²) in [5.74, 6) is -1.03. The van der Waals surface area contributed by atoms with Crippen molar-refractivity contribution in [3.8, 4) is 27.6 Å². The molecule has 442 valence electrons. The van der Waals surface area contributed by atoms with Crippen LogP contribution in [0.2, 0.25) is 0 Å². The lowest BCUT2D eigenvalue weighted by molar-refractivity contribution is -0.144. The summed E-state index contributed by atoms with van der Waals surface area (Å²) in [6.07, 6.45) is 8.95. The second-order valence-electron chi connectivity index (χ2n) is 22.8. The summed E-state index contributed by atoms with van der Waals surface area (Å²) < 4.78 is 7.06. The fourth-order valence-corrected chi connectivity index (χ4v) is 13.6. The maximum atomic E-state index is 14.2. The Balaban J connectivity index is 0.632. The molecular formula is C64H70N10O8S3. The summed E-state index contributed by atoms with van der Waals surface area (Å²) in [6.45, 7) is 11.0. The zero-order valence-corrected chi connectivity index (χ0v) is 50.7. The third-order valence-electron chi connectivity index (χ3n) is 15.5. The molecule has 0 bridgehead atoms. The number of carboxylic acids is 1. The molecule has 18 nitrogen and oxygen atoms in total. The number of para-hydroxylation sites is 1. The van der Waals surface area contributed by atoms with Gasteiger partial charge in [-0.3, -0.25) is 24.5 Å². The number of carboxylic acid groups (broad SMARTS) is 1. The van der Waals surface area contributed by atoms with Crippen LogP contribution in [0.15, 0.2) is 109 Å². The highest BCUT2D eigenvalue weighted by molar-refractivity contribution is 7.22. The number of aromatic carboxylic acids is 1. The maximum Gasteiger partial charge on any atom is 0.355 e. The Hall–Kier alpha value is -7.98. The first kappa shape index (κ1) is 60.2. The van der Waals surface area contributed by atoms with Crippen molar-refractivity contribution in [1.29, 1.82) is 0 Å². The number of aryl methyl sites for hydroxylation is 3. The topological polar surface area (TPSA) is 242 Å². The summed E-state index contributed by atoms with van der Waals surface area (Å²) in [5, 5.41) is 31.0. The second kappa shape index (κ2) is 26.9. The fraction of sp³-hybridized carbons (Fsp3) is 0.375. The number of carbonyl (C=O) groups excluding carboxylic acids is 4. The number of nitrogens with one attached hydrogen (secondary N) is 3. The quantitative estimate of drug-likeness (QED) is 0.0374. The van der Waals surface area contributed by atoms with Crippen molar-refractivity contribution in [1.82, 2.24) is 40.5 Å². The Morgan fingerprint density at radius 2 is 1.58 bits per heavy atom. The van der Waals surface area contributed by atoms with E-state index in [4.69, 9.17) is 4.74 Å².